The Morgan fingerprint density at radius 1 is 1.23 bits per heavy atom. The van der Waals surface area contributed by atoms with E-state index in [1.54, 1.807) is 4.52 Å². The summed E-state index contributed by atoms with van der Waals surface area (Å²) in [7, 11) is 0. The first kappa shape index (κ1) is 24.0. The summed E-state index contributed by atoms with van der Waals surface area (Å²) in [4.78, 5) is 17.3. The van der Waals surface area contributed by atoms with Gasteiger partial charge in [0.2, 0.25) is 5.91 Å². The second-order valence-corrected chi connectivity index (χ2v) is 10.9. The van der Waals surface area contributed by atoms with Crippen LogP contribution in [0.15, 0.2) is 23.2 Å². The number of aromatic nitrogens is 2. The smallest absolute Gasteiger partial charge is 0.285 e. The molecule has 0 bridgehead atoms. The molecule has 13 heteroatoms. The fourth-order valence-electron chi connectivity index (χ4n) is 3.98. The summed E-state index contributed by atoms with van der Waals surface area (Å²) in [5, 5.41) is 28.5. The molecule has 3 N–H and O–H groups in total. The van der Waals surface area contributed by atoms with E-state index in [9.17, 15) is 18.8 Å². The molecule has 5 rings (SSSR count). The lowest BCUT2D eigenvalue weighted by Gasteiger charge is -2.36. The van der Waals surface area contributed by atoms with Crippen LogP contribution in [0.4, 0.5) is 14.6 Å². The Labute approximate surface area is 209 Å². The van der Waals surface area contributed by atoms with Gasteiger partial charge in [-0.05, 0) is 61.5 Å². The monoisotopic (exact) mass is 518 g/mol. The molecule has 0 spiro atoms. The van der Waals surface area contributed by atoms with Gasteiger partial charge in [0, 0.05) is 37.0 Å². The zero-order valence-corrected chi connectivity index (χ0v) is 20.4. The predicted molar refractivity (Wildman–Crippen MR) is 131 cm³/mol. The highest BCUT2D eigenvalue weighted by atomic mass is 32.2. The molecular formula is C22H24F2N8OS2. The van der Waals surface area contributed by atoms with Gasteiger partial charge in [-0.1, -0.05) is 0 Å². The quantitative estimate of drug-likeness (QED) is 0.292. The van der Waals surface area contributed by atoms with Crippen LogP contribution in [0, 0.1) is 28.1 Å². The Hall–Kier alpha value is -2.69. The zero-order valence-electron chi connectivity index (χ0n) is 18.8. The lowest BCUT2D eigenvalue weighted by molar-refractivity contribution is -0.132. The SMILES string of the molecule is N#CC1(NSc2cc(N3CCN(C(=O)C4CC4)CC3)n3ncc(C(=N)SC(=N)C(F)F)c3c2)CC1. The Morgan fingerprint density at radius 2 is 1.94 bits per heavy atom. The third kappa shape index (κ3) is 5.00. The lowest BCUT2D eigenvalue weighted by Crippen LogP contribution is -2.49. The molecule has 0 atom stereocenters. The van der Waals surface area contributed by atoms with Gasteiger partial charge in [-0.3, -0.25) is 15.6 Å². The van der Waals surface area contributed by atoms with Gasteiger partial charge in [0.25, 0.3) is 6.43 Å². The molecule has 1 aliphatic heterocycles. The number of alkyl halides is 2. The highest BCUT2D eigenvalue weighted by molar-refractivity contribution is 8.26. The van der Waals surface area contributed by atoms with Crippen LogP contribution < -0.4 is 9.62 Å². The van der Waals surface area contributed by atoms with Crippen LogP contribution in [0.2, 0.25) is 0 Å². The number of hydrogen-bond acceptors (Lipinski definition) is 9. The minimum atomic E-state index is -2.94. The molecule has 0 unspecified atom stereocenters. The van der Waals surface area contributed by atoms with Crippen LogP contribution in [0.5, 0.6) is 0 Å². The molecule has 9 nitrogen and oxygen atoms in total. The van der Waals surface area contributed by atoms with Crippen molar-refractivity contribution in [2.75, 3.05) is 31.1 Å². The number of thioether (sulfide) groups is 1. The Balaban J connectivity index is 1.43. The second-order valence-electron chi connectivity index (χ2n) is 8.99. The summed E-state index contributed by atoms with van der Waals surface area (Å²) < 4.78 is 30.6. The van der Waals surface area contributed by atoms with E-state index < -0.39 is 17.0 Å². The first-order valence-corrected chi connectivity index (χ1v) is 13.0. The van der Waals surface area contributed by atoms with Gasteiger partial charge in [0.05, 0.1) is 23.3 Å². The number of pyridine rings is 1. The predicted octanol–water partition coefficient (Wildman–Crippen LogP) is 3.35. The van der Waals surface area contributed by atoms with E-state index in [1.165, 1.54) is 18.1 Å². The summed E-state index contributed by atoms with van der Waals surface area (Å²) in [6, 6.07) is 6.05. The third-order valence-electron chi connectivity index (χ3n) is 6.40. The summed E-state index contributed by atoms with van der Waals surface area (Å²) >= 11 is 1.73. The minimum Gasteiger partial charge on any atom is -0.353 e. The van der Waals surface area contributed by atoms with Gasteiger partial charge in [-0.25, -0.2) is 18.0 Å². The van der Waals surface area contributed by atoms with Gasteiger partial charge < -0.3 is 9.80 Å². The number of fused-ring (bicyclic) bond motifs is 1. The van der Waals surface area contributed by atoms with Gasteiger partial charge in [-0.15, -0.1) is 0 Å². The molecule has 3 heterocycles. The summed E-state index contributed by atoms with van der Waals surface area (Å²) in [5.41, 5.74) is 0.377. The Bertz CT molecular complexity index is 1230. The standard InChI is InChI=1S/C22H24F2N8OS2/c23-18(24)20(27)34-19(26)15-11-28-32-16(15)9-14(35-29-22(12-25)3-4-22)10-17(32)30-5-7-31(8-6-30)21(33)13-1-2-13/h9-11,13,18,26-27,29H,1-8H2. The number of halogens is 2. The number of anilines is 1. The van der Waals surface area contributed by atoms with Crippen LogP contribution in [0.1, 0.15) is 31.2 Å². The highest BCUT2D eigenvalue weighted by Gasteiger charge is 2.43. The summed E-state index contributed by atoms with van der Waals surface area (Å²) in [5.74, 6) is 1.17. The van der Waals surface area contributed by atoms with Crippen molar-refractivity contribution in [1.29, 1.82) is 16.1 Å². The molecule has 184 valence electrons. The number of rotatable bonds is 7. The summed E-state index contributed by atoms with van der Waals surface area (Å²) in [6.45, 7) is 2.45. The number of nitrogens with zero attached hydrogens (tertiary/aromatic N) is 5. The normalized spacial score (nSPS) is 19.1. The van der Waals surface area contributed by atoms with Crippen molar-refractivity contribution in [2.45, 2.75) is 42.5 Å². The van der Waals surface area contributed by atoms with Gasteiger partial charge in [0.1, 0.15) is 21.4 Å². The molecule has 3 aliphatic rings. The van der Waals surface area contributed by atoms with Crippen molar-refractivity contribution < 1.29 is 13.6 Å². The number of nitriles is 1. The number of carbonyl (C=O) groups is 1. The average Bonchev–Trinajstić information content (AvgIpc) is 3.79. The van der Waals surface area contributed by atoms with E-state index in [0.29, 0.717) is 49.0 Å². The number of hydrogen-bond donors (Lipinski definition) is 3. The van der Waals surface area contributed by atoms with Crippen LogP contribution in [0.3, 0.4) is 0 Å². The molecule has 2 saturated carbocycles. The van der Waals surface area contributed by atoms with Gasteiger partial charge in [0.15, 0.2) is 0 Å². The van der Waals surface area contributed by atoms with E-state index in [-0.39, 0.29) is 16.9 Å². The van der Waals surface area contributed by atoms with E-state index in [1.807, 2.05) is 17.0 Å². The van der Waals surface area contributed by atoms with Gasteiger partial charge in [-0.2, -0.15) is 10.4 Å². The molecular weight excluding hydrogens is 494 g/mol. The van der Waals surface area contributed by atoms with Crippen LogP contribution in [0.25, 0.3) is 5.52 Å². The molecule has 0 radical (unpaired) electrons. The van der Waals surface area contributed by atoms with Gasteiger partial charge >= 0.3 is 0 Å². The van der Waals surface area contributed by atoms with Crippen LogP contribution in [-0.2, 0) is 4.79 Å². The van der Waals surface area contributed by atoms with Crippen LogP contribution >= 0.6 is 23.7 Å². The maximum atomic E-state index is 12.9. The van der Waals surface area contributed by atoms with E-state index in [4.69, 9.17) is 10.8 Å². The maximum Gasteiger partial charge on any atom is 0.285 e. The fourth-order valence-corrected chi connectivity index (χ4v) is 5.45. The second kappa shape index (κ2) is 9.40. The van der Waals surface area contributed by atoms with Crippen molar-refractivity contribution in [1.82, 2.24) is 19.2 Å². The number of nitrogens with one attached hydrogen (secondary N) is 3. The molecule has 35 heavy (non-hydrogen) atoms. The minimum absolute atomic E-state index is 0.179. The number of amides is 1. The van der Waals surface area contributed by atoms with Crippen molar-refractivity contribution in [3.8, 4) is 6.07 Å². The first-order chi connectivity index (χ1) is 16.8. The largest absolute Gasteiger partial charge is 0.353 e. The first-order valence-electron chi connectivity index (χ1n) is 11.3. The van der Waals surface area contributed by atoms with E-state index >= 15 is 0 Å². The van der Waals surface area contributed by atoms with Crippen molar-refractivity contribution in [2.24, 2.45) is 5.92 Å². The molecule has 1 amide bonds. The number of piperazine rings is 1. The van der Waals surface area contributed by atoms with E-state index in [0.717, 1.165) is 36.4 Å². The Kier molecular flexibility index (Phi) is 6.45. The third-order valence-corrected chi connectivity index (χ3v) is 8.19. The average molecular weight is 519 g/mol. The fraction of sp³-hybridized carbons (Fsp3) is 0.500. The van der Waals surface area contributed by atoms with Crippen molar-refractivity contribution >= 4 is 51.0 Å². The highest BCUT2D eigenvalue weighted by Crippen LogP contribution is 2.39. The van der Waals surface area contributed by atoms with Crippen molar-refractivity contribution in [3.05, 3.63) is 23.9 Å². The molecule has 3 fully saturated rings. The topological polar surface area (TPSA) is 124 Å². The maximum absolute atomic E-state index is 12.9. The van der Waals surface area contributed by atoms with E-state index in [2.05, 4.69) is 20.8 Å². The molecule has 1 saturated heterocycles. The summed E-state index contributed by atoms with van der Waals surface area (Å²) in [6.07, 6.45) is 2.01. The molecule has 2 aliphatic carbocycles. The molecule has 2 aromatic heterocycles. The molecule has 0 aromatic carbocycles. The number of carbonyl (C=O) groups excluding carboxylic acids is 1. The van der Waals surface area contributed by atoms with Crippen LogP contribution in [-0.4, -0.2) is 68.7 Å². The zero-order chi connectivity index (χ0) is 24.7. The lowest BCUT2D eigenvalue weighted by atomic mass is 10.2. The Morgan fingerprint density at radius 3 is 2.54 bits per heavy atom. The van der Waals surface area contributed by atoms with Crippen molar-refractivity contribution in [3.63, 3.8) is 0 Å². The molecule has 2 aromatic rings.